The maximum Gasteiger partial charge on any atom is 0.296 e. The summed E-state index contributed by atoms with van der Waals surface area (Å²) in [5, 5.41) is 16.8. The third-order valence-electron chi connectivity index (χ3n) is 4.10. The van der Waals surface area contributed by atoms with Gasteiger partial charge in [0.2, 0.25) is 0 Å². The Morgan fingerprint density at radius 2 is 1.34 bits per heavy atom. The molecule has 3 aromatic rings. The molecule has 32 heavy (non-hydrogen) atoms. The fourth-order valence-corrected chi connectivity index (χ4v) is 4.59. The number of hydrogen-bond donors (Lipinski definition) is 4. The van der Waals surface area contributed by atoms with Crippen molar-refractivity contribution in [1.82, 2.24) is 5.73 Å². The van der Waals surface area contributed by atoms with Gasteiger partial charge in [-0.2, -0.15) is 25.3 Å². The molecule has 1 radical (unpaired) electrons. The average molecular weight is 502 g/mol. The first kappa shape index (κ1) is 23.5. The molecule has 0 aliphatic carbocycles. The van der Waals surface area contributed by atoms with Gasteiger partial charge in [0.15, 0.2) is 5.75 Å². The normalized spacial score (nSPS) is 13.1. The molecule has 13 nitrogen and oxygen atoms in total. The van der Waals surface area contributed by atoms with Crippen LogP contribution < -0.4 is 5.73 Å². The second-order valence-electron chi connectivity index (χ2n) is 6.23. The summed E-state index contributed by atoms with van der Waals surface area (Å²) in [5.74, 6) is -1.00. The van der Waals surface area contributed by atoms with E-state index in [2.05, 4.69) is 10.2 Å². The van der Waals surface area contributed by atoms with Gasteiger partial charge in [-0.3, -0.25) is 13.7 Å². The van der Waals surface area contributed by atoms with Crippen LogP contribution in [0.3, 0.4) is 0 Å². The van der Waals surface area contributed by atoms with E-state index in [0.29, 0.717) is 12.1 Å². The van der Waals surface area contributed by atoms with E-state index in [0.717, 1.165) is 18.2 Å². The standard InChI is InChI=1S/C16H12N3O10S3/c17-10-7-9(30(21,22)23)5-8-6-13(32(27,28)29)15(16(20)14(8)10)19-18-11-3-1-2-4-12(11)31(24,25)26/h1-7,17,20H,(H,21,22,23)(H,24,25,26)(H,27,28,29). The summed E-state index contributed by atoms with van der Waals surface area (Å²) in [7, 11) is -14.6. The van der Waals surface area contributed by atoms with Crippen LogP contribution in [0.1, 0.15) is 0 Å². The minimum absolute atomic E-state index is 0.354. The molecule has 169 valence electrons. The summed E-state index contributed by atoms with van der Waals surface area (Å²) >= 11 is 0. The number of aromatic hydroxyl groups is 1. The number of phenols is 1. The molecule has 16 heteroatoms. The largest absolute Gasteiger partial charge is 0.505 e. The van der Waals surface area contributed by atoms with Crippen LogP contribution in [-0.2, 0) is 30.4 Å². The lowest BCUT2D eigenvalue weighted by molar-refractivity contribution is 0.472. The van der Waals surface area contributed by atoms with Crippen molar-refractivity contribution in [2.75, 3.05) is 0 Å². The molecule has 0 aliphatic rings. The molecule has 0 saturated carbocycles. The molecule has 0 atom stereocenters. The summed E-state index contributed by atoms with van der Waals surface area (Å²) in [6.07, 6.45) is 0. The Kier molecular flexibility index (Phi) is 5.71. The zero-order valence-corrected chi connectivity index (χ0v) is 17.8. The molecule has 0 amide bonds. The van der Waals surface area contributed by atoms with Crippen LogP contribution in [0.5, 0.6) is 5.75 Å². The van der Waals surface area contributed by atoms with E-state index in [1.165, 1.54) is 12.1 Å². The van der Waals surface area contributed by atoms with Crippen molar-refractivity contribution in [1.29, 1.82) is 0 Å². The SMILES string of the molecule is [NH]c1cc(S(=O)(=O)O)cc2cc(S(=O)(=O)O)c(N=Nc3ccccc3S(=O)(=O)O)c(O)c12. The molecule has 0 bridgehead atoms. The van der Waals surface area contributed by atoms with Crippen LogP contribution in [0.25, 0.3) is 10.8 Å². The number of benzene rings is 3. The third-order valence-corrected chi connectivity index (χ3v) is 6.70. The highest BCUT2D eigenvalue weighted by Crippen LogP contribution is 2.44. The lowest BCUT2D eigenvalue weighted by Crippen LogP contribution is -2.01. The van der Waals surface area contributed by atoms with Gasteiger partial charge in [0.05, 0.1) is 16.0 Å². The van der Waals surface area contributed by atoms with Crippen LogP contribution in [0.4, 0.5) is 17.1 Å². The van der Waals surface area contributed by atoms with Crippen LogP contribution >= 0.6 is 0 Å². The van der Waals surface area contributed by atoms with Crippen molar-refractivity contribution in [3.05, 3.63) is 42.5 Å². The smallest absolute Gasteiger partial charge is 0.296 e. The highest BCUT2D eigenvalue weighted by atomic mass is 32.2. The molecule has 3 rings (SSSR count). The summed E-state index contributed by atoms with van der Waals surface area (Å²) in [4.78, 5) is -2.51. The van der Waals surface area contributed by atoms with Crippen molar-refractivity contribution >= 4 is 58.2 Å². The van der Waals surface area contributed by atoms with Gasteiger partial charge in [-0.05, 0) is 35.7 Å². The number of azo groups is 1. The lowest BCUT2D eigenvalue weighted by Gasteiger charge is -2.11. The fraction of sp³-hybridized carbons (Fsp3) is 0. The number of fused-ring (bicyclic) bond motifs is 1. The topological polar surface area (TPSA) is 232 Å². The van der Waals surface area contributed by atoms with Crippen LogP contribution in [0.15, 0.2) is 67.4 Å². The quantitative estimate of drug-likeness (QED) is 0.294. The van der Waals surface area contributed by atoms with E-state index in [4.69, 9.17) is 5.73 Å². The zero-order chi connectivity index (χ0) is 24.1. The average Bonchev–Trinajstić information content (AvgIpc) is 2.64. The van der Waals surface area contributed by atoms with E-state index in [1.807, 2.05) is 0 Å². The maximum absolute atomic E-state index is 11.8. The lowest BCUT2D eigenvalue weighted by atomic mass is 10.1. The first-order valence-corrected chi connectivity index (χ1v) is 12.4. The Balaban J connectivity index is 2.37. The van der Waals surface area contributed by atoms with Crippen molar-refractivity contribution in [2.24, 2.45) is 10.2 Å². The number of phenolic OH excluding ortho intramolecular Hbond substituents is 1. The van der Waals surface area contributed by atoms with Crippen molar-refractivity contribution in [3.63, 3.8) is 0 Å². The highest BCUT2D eigenvalue weighted by Gasteiger charge is 2.25. The van der Waals surface area contributed by atoms with Gasteiger partial charge < -0.3 is 10.8 Å². The van der Waals surface area contributed by atoms with E-state index in [9.17, 15) is 44.0 Å². The Hall–Kier alpha value is -3.15. The van der Waals surface area contributed by atoms with E-state index < -0.39 is 73.2 Å². The molecule has 3 aromatic carbocycles. The van der Waals surface area contributed by atoms with E-state index in [1.54, 1.807) is 0 Å². The van der Waals surface area contributed by atoms with Crippen molar-refractivity contribution in [3.8, 4) is 5.75 Å². The third kappa shape index (κ3) is 4.54. The van der Waals surface area contributed by atoms with Crippen LogP contribution in [0, 0.1) is 0 Å². The molecule has 0 saturated heterocycles. The number of nitrogens with zero attached hydrogens (tertiary/aromatic N) is 2. The molecule has 0 aliphatic heterocycles. The number of rotatable bonds is 5. The molecule has 0 spiro atoms. The minimum atomic E-state index is -5.11. The fourth-order valence-electron chi connectivity index (χ4n) is 2.76. The molecule has 0 heterocycles. The zero-order valence-electron chi connectivity index (χ0n) is 15.4. The molecule has 5 N–H and O–H groups in total. The van der Waals surface area contributed by atoms with Crippen molar-refractivity contribution in [2.45, 2.75) is 14.7 Å². The molecule has 0 unspecified atom stereocenters. The maximum atomic E-state index is 11.8. The Morgan fingerprint density at radius 3 is 1.91 bits per heavy atom. The Labute approximate surface area is 181 Å². The van der Waals surface area contributed by atoms with Crippen molar-refractivity contribution < 1.29 is 44.0 Å². The van der Waals surface area contributed by atoms with Gasteiger partial charge in [-0.25, -0.2) is 0 Å². The molecular formula is C16H12N3O10S3. The van der Waals surface area contributed by atoms with E-state index in [-0.39, 0.29) is 5.39 Å². The van der Waals surface area contributed by atoms with E-state index >= 15 is 0 Å². The minimum Gasteiger partial charge on any atom is -0.505 e. The predicted molar refractivity (Wildman–Crippen MR) is 108 cm³/mol. The second-order valence-corrected chi connectivity index (χ2v) is 10.4. The van der Waals surface area contributed by atoms with Gasteiger partial charge in [0.1, 0.15) is 21.2 Å². The number of hydrogen-bond acceptors (Lipinski definition) is 9. The summed E-state index contributed by atoms with van der Waals surface area (Å²) in [6.45, 7) is 0. The van der Waals surface area contributed by atoms with Crippen LogP contribution in [-0.4, -0.2) is 44.0 Å². The predicted octanol–water partition coefficient (Wildman–Crippen LogP) is 2.62. The first-order chi connectivity index (χ1) is 14.6. The van der Waals surface area contributed by atoms with Gasteiger partial charge in [0, 0.05) is 0 Å². The van der Waals surface area contributed by atoms with Gasteiger partial charge in [0.25, 0.3) is 30.4 Å². The molecule has 0 fully saturated rings. The Morgan fingerprint density at radius 1 is 0.750 bits per heavy atom. The monoisotopic (exact) mass is 502 g/mol. The van der Waals surface area contributed by atoms with Crippen LogP contribution in [0.2, 0.25) is 0 Å². The number of nitrogens with one attached hydrogen (secondary N) is 1. The molecular weight excluding hydrogens is 490 g/mol. The summed E-state index contributed by atoms with van der Waals surface area (Å²) in [6, 6.07) is 6.79. The van der Waals surface area contributed by atoms with Gasteiger partial charge in [-0.1, -0.05) is 12.1 Å². The highest BCUT2D eigenvalue weighted by molar-refractivity contribution is 7.86. The van der Waals surface area contributed by atoms with Gasteiger partial charge in [-0.15, -0.1) is 10.2 Å². The molecule has 0 aromatic heterocycles. The van der Waals surface area contributed by atoms with Gasteiger partial charge >= 0.3 is 0 Å². The Bertz CT molecular complexity index is 1610. The first-order valence-electron chi connectivity index (χ1n) is 8.09. The summed E-state index contributed by atoms with van der Waals surface area (Å²) in [5.41, 5.74) is 5.95. The summed E-state index contributed by atoms with van der Waals surface area (Å²) < 4.78 is 97.4. The second kappa shape index (κ2) is 7.76.